The van der Waals surface area contributed by atoms with Gasteiger partial charge in [0.05, 0.1) is 24.3 Å². The zero-order valence-corrected chi connectivity index (χ0v) is 16.9. The molecule has 0 radical (unpaired) electrons. The van der Waals surface area contributed by atoms with Crippen molar-refractivity contribution in [3.05, 3.63) is 77.6 Å². The van der Waals surface area contributed by atoms with Crippen LogP contribution < -0.4 is 10.6 Å². The van der Waals surface area contributed by atoms with Crippen molar-refractivity contribution in [2.45, 2.75) is 19.9 Å². The largest absolute Gasteiger partial charge is 0.472 e. The summed E-state index contributed by atoms with van der Waals surface area (Å²) in [4.78, 5) is 12.8. The number of benzene rings is 1. The first-order chi connectivity index (χ1) is 14.6. The van der Waals surface area contributed by atoms with Gasteiger partial charge in [0.1, 0.15) is 22.8 Å². The number of carbonyl (C=O) groups is 1. The van der Waals surface area contributed by atoms with Crippen LogP contribution in [-0.4, -0.2) is 27.4 Å². The number of hydrogen-bond acceptors (Lipinski definition) is 6. The summed E-state index contributed by atoms with van der Waals surface area (Å²) in [6, 6.07) is 12.0. The number of amides is 1. The monoisotopic (exact) mass is 405 g/mol. The highest BCUT2D eigenvalue weighted by atomic mass is 16.5. The third kappa shape index (κ3) is 4.12. The van der Waals surface area contributed by atoms with Crippen molar-refractivity contribution in [2.24, 2.45) is 7.05 Å². The van der Waals surface area contributed by atoms with Crippen LogP contribution in [0.5, 0.6) is 0 Å². The summed E-state index contributed by atoms with van der Waals surface area (Å²) < 4.78 is 12.1. The molecule has 0 bridgehead atoms. The summed E-state index contributed by atoms with van der Waals surface area (Å²) in [5.74, 6) is 0.973. The number of nitrogens with one attached hydrogen (secondary N) is 2. The molecule has 8 heteroatoms. The first-order valence-electron chi connectivity index (χ1n) is 9.69. The molecular formula is C22H23N5O3. The Kier molecular flexibility index (Phi) is 5.65. The molecule has 0 unspecified atom stereocenters. The molecule has 1 amide bonds. The van der Waals surface area contributed by atoms with Crippen LogP contribution in [0.4, 0.5) is 5.82 Å². The molecule has 3 aromatic heterocycles. The fourth-order valence-electron chi connectivity index (χ4n) is 3.28. The Morgan fingerprint density at radius 2 is 2.00 bits per heavy atom. The summed E-state index contributed by atoms with van der Waals surface area (Å²) in [6.45, 7) is 2.80. The normalized spacial score (nSPS) is 10.9. The van der Waals surface area contributed by atoms with Gasteiger partial charge in [0.25, 0.3) is 5.91 Å². The fourth-order valence-corrected chi connectivity index (χ4v) is 3.28. The predicted octanol–water partition coefficient (Wildman–Crippen LogP) is 3.56. The molecule has 4 aromatic rings. The summed E-state index contributed by atoms with van der Waals surface area (Å²) in [6.07, 6.45) is 5.72. The maximum Gasteiger partial charge on any atom is 0.257 e. The number of aryl methyl sites for hydroxylation is 2. The van der Waals surface area contributed by atoms with Crippen molar-refractivity contribution in [1.29, 1.82) is 0 Å². The van der Waals surface area contributed by atoms with Crippen LogP contribution in [0.2, 0.25) is 0 Å². The third-order valence-corrected chi connectivity index (χ3v) is 4.87. The quantitative estimate of drug-likeness (QED) is 0.465. The van der Waals surface area contributed by atoms with Gasteiger partial charge in [-0.3, -0.25) is 9.48 Å². The second kappa shape index (κ2) is 8.69. The van der Waals surface area contributed by atoms with Gasteiger partial charge in [0.15, 0.2) is 0 Å². The average Bonchev–Trinajstić information content (AvgIpc) is 3.48. The van der Waals surface area contributed by atoms with Gasteiger partial charge in [0, 0.05) is 25.7 Å². The summed E-state index contributed by atoms with van der Waals surface area (Å²) in [7, 11) is 1.85. The average molecular weight is 405 g/mol. The number of furan rings is 1. The van der Waals surface area contributed by atoms with E-state index in [1.807, 2.05) is 25.2 Å². The van der Waals surface area contributed by atoms with Gasteiger partial charge < -0.3 is 19.6 Å². The Morgan fingerprint density at radius 3 is 2.77 bits per heavy atom. The highest BCUT2D eigenvalue weighted by molar-refractivity contribution is 6.01. The highest BCUT2D eigenvalue weighted by Gasteiger charge is 2.25. The first-order valence-corrected chi connectivity index (χ1v) is 9.69. The fraction of sp³-hybridized carbons (Fsp3) is 0.227. The Labute approximate surface area is 173 Å². The van der Waals surface area contributed by atoms with E-state index < -0.39 is 0 Å². The standard InChI is InChI=1S/C22H23N5O3/c1-15-19(22(28)24-12-17-9-11-29-14-17)20(26-30-15)18-13-25-27(2)21(18)23-10-8-16-6-4-3-5-7-16/h3-7,9,11,13-14,23H,8,10,12H2,1-2H3,(H,24,28). The highest BCUT2D eigenvalue weighted by Crippen LogP contribution is 2.31. The zero-order chi connectivity index (χ0) is 20.9. The molecule has 0 aliphatic rings. The SMILES string of the molecule is Cc1onc(-c2cnn(C)c2NCCc2ccccc2)c1C(=O)NCc1ccoc1. The summed E-state index contributed by atoms with van der Waals surface area (Å²) >= 11 is 0. The van der Waals surface area contributed by atoms with Crippen LogP contribution in [-0.2, 0) is 20.0 Å². The molecule has 0 fully saturated rings. The maximum atomic E-state index is 12.8. The minimum absolute atomic E-state index is 0.260. The molecule has 8 nitrogen and oxygen atoms in total. The van der Waals surface area contributed by atoms with Crippen molar-refractivity contribution in [3.8, 4) is 11.3 Å². The van der Waals surface area contributed by atoms with Crippen molar-refractivity contribution in [1.82, 2.24) is 20.3 Å². The number of hydrogen-bond donors (Lipinski definition) is 2. The molecule has 4 rings (SSSR count). The van der Waals surface area contributed by atoms with Crippen molar-refractivity contribution in [2.75, 3.05) is 11.9 Å². The van der Waals surface area contributed by atoms with Gasteiger partial charge in [-0.2, -0.15) is 5.10 Å². The number of nitrogens with zero attached hydrogens (tertiary/aromatic N) is 3. The molecule has 1 aromatic carbocycles. The topological polar surface area (TPSA) is 98.1 Å². The predicted molar refractivity (Wildman–Crippen MR) is 112 cm³/mol. The lowest BCUT2D eigenvalue weighted by Gasteiger charge is -2.10. The molecule has 0 aliphatic heterocycles. The molecule has 0 saturated heterocycles. The molecular weight excluding hydrogens is 382 g/mol. The number of aromatic nitrogens is 3. The van der Waals surface area contributed by atoms with Gasteiger partial charge in [-0.15, -0.1) is 0 Å². The van der Waals surface area contributed by atoms with E-state index in [1.165, 1.54) is 5.56 Å². The van der Waals surface area contributed by atoms with E-state index in [-0.39, 0.29) is 5.91 Å². The number of anilines is 1. The lowest BCUT2D eigenvalue weighted by Crippen LogP contribution is -2.23. The van der Waals surface area contributed by atoms with E-state index in [1.54, 1.807) is 36.4 Å². The van der Waals surface area contributed by atoms with Crippen LogP contribution >= 0.6 is 0 Å². The van der Waals surface area contributed by atoms with E-state index in [9.17, 15) is 4.79 Å². The smallest absolute Gasteiger partial charge is 0.257 e. The second-order valence-electron chi connectivity index (χ2n) is 6.97. The van der Waals surface area contributed by atoms with E-state index >= 15 is 0 Å². The van der Waals surface area contributed by atoms with Gasteiger partial charge in [-0.05, 0) is 25.0 Å². The van der Waals surface area contributed by atoms with E-state index in [4.69, 9.17) is 8.94 Å². The Hall–Kier alpha value is -3.81. The van der Waals surface area contributed by atoms with E-state index in [0.717, 1.165) is 29.9 Å². The number of carbonyl (C=O) groups excluding carboxylic acids is 1. The molecule has 0 aliphatic carbocycles. The van der Waals surface area contributed by atoms with Gasteiger partial charge in [-0.25, -0.2) is 0 Å². The van der Waals surface area contributed by atoms with Crippen molar-refractivity contribution in [3.63, 3.8) is 0 Å². The molecule has 30 heavy (non-hydrogen) atoms. The molecule has 0 spiro atoms. The van der Waals surface area contributed by atoms with Gasteiger partial charge >= 0.3 is 0 Å². The lowest BCUT2D eigenvalue weighted by atomic mass is 10.1. The minimum Gasteiger partial charge on any atom is -0.472 e. The Morgan fingerprint density at radius 1 is 1.17 bits per heavy atom. The van der Waals surface area contributed by atoms with Crippen LogP contribution in [0, 0.1) is 6.92 Å². The van der Waals surface area contributed by atoms with Crippen molar-refractivity contribution < 1.29 is 13.7 Å². The Bertz CT molecular complexity index is 1110. The van der Waals surface area contributed by atoms with Gasteiger partial charge in [-0.1, -0.05) is 35.5 Å². The third-order valence-electron chi connectivity index (χ3n) is 4.87. The molecule has 3 heterocycles. The zero-order valence-electron chi connectivity index (χ0n) is 16.9. The molecule has 0 saturated carbocycles. The van der Waals surface area contributed by atoms with Gasteiger partial charge in [0.2, 0.25) is 0 Å². The Balaban J connectivity index is 1.52. The summed E-state index contributed by atoms with van der Waals surface area (Å²) in [5.41, 5.74) is 3.70. The number of rotatable bonds is 8. The molecule has 0 atom stereocenters. The van der Waals surface area contributed by atoms with E-state index in [0.29, 0.717) is 23.6 Å². The second-order valence-corrected chi connectivity index (χ2v) is 6.97. The first kappa shape index (κ1) is 19.5. The molecule has 2 N–H and O–H groups in total. The lowest BCUT2D eigenvalue weighted by molar-refractivity contribution is 0.0950. The van der Waals surface area contributed by atoms with Crippen LogP contribution in [0.3, 0.4) is 0 Å². The van der Waals surface area contributed by atoms with Crippen LogP contribution in [0.25, 0.3) is 11.3 Å². The maximum absolute atomic E-state index is 12.8. The summed E-state index contributed by atoms with van der Waals surface area (Å²) in [5, 5.41) is 14.8. The molecule has 154 valence electrons. The van der Waals surface area contributed by atoms with E-state index in [2.05, 4.69) is 33.0 Å². The minimum atomic E-state index is -0.260. The van der Waals surface area contributed by atoms with Crippen LogP contribution in [0.15, 0.2) is 64.1 Å². The van der Waals surface area contributed by atoms with Crippen molar-refractivity contribution >= 4 is 11.7 Å². The van der Waals surface area contributed by atoms with Crippen LogP contribution in [0.1, 0.15) is 27.2 Å².